The minimum Gasteiger partial charge on any atom is -0.497 e. The van der Waals surface area contributed by atoms with Crippen LogP contribution >= 0.6 is 0 Å². The number of methoxy groups -OCH3 is 1. The fourth-order valence-corrected chi connectivity index (χ4v) is 2.86. The lowest BCUT2D eigenvalue weighted by molar-refractivity contribution is 0.0730. The van der Waals surface area contributed by atoms with Crippen molar-refractivity contribution in [3.05, 3.63) is 59.7 Å². The van der Waals surface area contributed by atoms with Crippen LogP contribution < -0.4 is 10.1 Å². The van der Waals surface area contributed by atoms with Gasteiger partial charge in [-0.05, 0) is 55.7 Å². The third-order valence-electron chi connectivity index (χ3n) is 4.39. The average Bonchev–Trinajstić information content (AvgIpc) is 3.51. The molecule has 0 spiro atoms. The van der Waals surface area contributed by atoms with E-state index in [9.17, 15) is 9.59 Å². The van der Waals surface area contributed by atoms with Crippen molar-refractivity contribution in [1.29, 1.82) is 0 Å². The first-order valence-corrected chi connectivity index (χ1v) is 9.08. The van der Waals surface area contributed by atoms with E-state index < -0.39 is 6.09 Å². The highest BCUT2D eigenvalue weighted by Gasteiger charge is 2.33. The molecule has 2 aromatic carbocycles. The van der Waals surface area contributed by atoms with Crippen LogP contribution in [-0.4, -0.2) is 36.7 Å². The van der Waals surface area contributed by atoms with Crippen LogP contribution in [0.3, 0.4) is 0 Å². The maximum Gasteiger partial charge on any atom is 0.411 e. The third-order valence-corrected chi connectivity index (χ3v) is 4.39. The molecule has 142 valence electrons. The Morgan fingerprint density at radius 1 is 1.15 bits per heavy atom. The van der Waals surface area contributed by atoms with E-state index in [1.54, 1.807) is 38.3 Å². The van der Waals surface area contributed by atoms with Gasteiger partial charge >= 0.3 is 6.09 Å². The third kappa shape index (κ3) is 5.00. The van der Waals surface area contributed by atoms with Crippen LogP contribution in [0.5, 0.6) is 5.75 Å². The molecule has 3 rings (SSSR count). The molecule has 1 aliphatic carbocycles. The van der Waals surface area contributed by atoms with Gasteiger partial charge in [-0.2, -0.15) is 0 Å². The van der Waals surface area contributed by atoms with Crippen LogP contribution in [0.2, 0.25) is 0 Å². The van der Waals surface area contributed by atoms with E-state index in [-0.39, 0.29) is 11.9 Å². The number of carbonyl (C=O) groups is 2. The minimum atomic E-state index is -0.528. The second-order valence-corrected chi connectivity index (χ2v) is 6.44. The smallest absolute Gasteiger partial charge is 0.411 e. The van der Waals surface area contributed by atoms with Crippen molar-refractivity contribution in [1.82, 2.24) is 4.90 Å². The molecule has 0 aliphatic heterocycles. The zero-order valence-corrected chi connectivity index (χ0v) is 15.6. The summed E-state index contributed by atoms with van der Waals surface area (Å²) in [4.78, 5) is 26.6. The van der Waals surface area contributed by atoms with E-state index in [2.05, 4.69) is 5.32 Å². The molecule has 0 saturated heterocycles. The Bertz CT molecular complexity index is 800. The van der Waals surface area contributed by atoms with Crippen molar-refractivity contribution in [2.75, 3.05) is 19.0 Å². The number of hydrogen-bond acceptors (Lipinski definition) is 4. The predicted octanol–water partition coefficient (Wildman–Crippen LogP) is 4.07. The maximum absolute atomic E-state index is 13.1. The molecule has 6 nitrogen and oxygen atoms in total. The highest BCUT2D eigenvalue weighted by Crippen LogP contribution is 2.30. The lowest BCUT2D eigenvalue weighted by Gasteiger charge is -2.23. The molecule has 0 unspecified atom stereocenters. The topological polar surface area (TPSA) is 67.9 Å². The molecule has 1 N–H and O–H groups in total. The van der Waals surface area contributed by atoms with Gasteiger partial charge in [0.25, 0.3) is 5.91 Å². The molecule has 6 heteroatoms. The summed E-state index contributed by atoms with van der Waals surface area (Å²) in [7, 11) is 1.63. The lowest BCUT2D eigenvalue weighted by atomic mass is 10.1. The van der Waals surface area contributed by atoms with Crippen molar-refractivity contribution < 1.29 is 19.1 Å². The van der Waals surface area contributed by atoms with Gasteiger partial charge in [-0.15, -0.1) is 0 Å². The SMILES string of the molecule is CCOC(=O)Nc1cccc(C(=O)N(Cc2ccc(OC)cc2)C2CC2)c1. The van der Waals surface area contributed by atoms with Gasteiger partial charge < -0.3 is 14.4 Å². The Hall–Kier alpha value is -3.02. The summed E-state index contributed by atoms with van der Waals surface area (Å²) in [6, 6.07) is 14.9. The molecule has 0 atom stereocenters. The van der Waals surface area contributed by atoms with Crippen LogP contribution in [0.1, 0.15) is 35.7 Å². The first-order chi connectivity index (χ1) is 13.1. The highest BCUT2D eigenvalue weighted by molar-refractivity contribution is 5.96. The first kappa shape index (κ1) is 18.8. The highest BCUT2D eigenvalue weighted by atomic mass is 16.5. The van der Waals surface area contributed by atoms with Crippen LogP contribution in [0.25, 0.3) is 0 Å². The number of rotatable bonds is 7. The monoisotopic (exact) mass is 368 g/mol. The van der Waals surface area contributed by atoms with E-state index in [0.29, 0.717) is 24.4 Å². The van der Waals surface area contributed by atoms with Crippen LogP contribution in [0, 0.1) is 0 Å². The number of amides is 2. The number of hydrogen-bond donors (Lipinski definition) is 1. The Kier molecular flexibility index (Phi) is 5.96. The van der Waals surface area contributed by atoms with Crippen molar-refractivity contribution in [3.63, 3.8) is 0 Å². The Labute approximate surface area is 159 Å². The van der Waals surface area contributed by atoms with Crippen molar-refractivity contribution in [3.8, 4) is 5.75 Å². The average molecular weight is 368 g/mol. The Morgan fingerprint density at radius 3 is 2.52 bits per heavy atom. The molecule has 1 fully saturated rings. The zero-order valence-electron chi connectivity index (χ0n) is 15.6. The molecule has 0 heterocycles. The second-order valence-electron chi connectivity index (χ2n) is 6.44. The Balaban J connectivity index is 1.73. The van der Waals surface area contributed by atoms with Gasteiger partial charge in [0.1, 0.15) is 5.75 Å². The molecule has 1 saturated carbocycles. The van der Waals surface area contributed by atoms with Gasteiger partial charge in [-0.25, -0.2) is 4.79 Å². The maximum atomic E-state index is 13.1. The summed E-state index contributed by atoms with van der Waals surface area (Å²) in [6.45, 7) is 2.58. The fraction of sp³-hybridized carbons (Fsp3) is 0.333. The molecule has 2 amide bonds. The summed E-state index contributed by atoms with van der Waals surface area (Å²) in [6.07, 6.45) is 1.50. The summed E-state index contributed by atoms with van der Waals surface area (Å²) in [5.74, 6) is 0.751. The standard InChI is InChI=1S/C21H24N2O4/c1-3-27-21(25)22-17-6-4-5-16(13-17)20(24)23(18-9-10-18)14-15-7-11-19(26-2)12-8-15/h4-8,11-13,18H,3,9-10,14H2,1-2H3,(H,22,25). The molecule has 27 heavy (non-hydrogen) atoms. The van der Waals surface area contributed by atoms with E-state index in [4.69, 9.17) is 9.47 Å². The molecular weight excluding hydrogens is 344 g/mol. The van der Waals surface area contributed by atoms with Gasteiger partial charge in [0, 0.05) is 23.8 Å². The minimum absolute atomic E-state index is 0.0409. The van der Waals surface area contributed by atoms with Crippen LogP contribution in [-0.2, 0) is 11.3 Å². The number of ether oxygens (including phenoxy) is 2. The normalized spacial score (nSPS) is 13.0. The zero-order chi connectivity index (χ0) is 19.2. The lowest BCUT2D eigenvalue weighted by Crippen LogP contribution is -2.32. The van der Waals surface area contributed by atoms with Crippen LogP contribution in [0.4, 0.5) is 10.5 Å². The van der Waals surface area contributed by atoms with E-state index in [0.717, 1.165) is 24.2 Å². The van der Waals surface area contributed by atoms with Crippen molar-refractivity contribution in [2.45, 2.75) is 32.4 Å². The van der Waals surface area contributed by atoms with Gasteiger partial charge in [0.2, 0.25) is 0 Å². The summed E-state index contributed by atoms with van der Waals surface area (Å²) in [5.41, 5.74) is 2.14. The summed E-state index contributed by atoms with van der Waals surface area (Å²) in [5, 5.41) is 2.64. The summed E-state index contributed by atoms with van der Waals surface area (Å²) < 4.78 is 10.1. The first-order valence-electron chi connectivity index (χ1n) is 9.08. The van der Waals surface area contributed by atoms with Gasteiger partial charge in [0.15, 0.2) is 0 Å². The quantitative estimate of drug-likeness (QED) is 0.800. The largest absolute Gasteiger partial charge is 0.497 e. The van der Waals surface area contributed by atoms with Gasteiger partial charge in [0.05, 0.1) is 13.7 Å². The second kappa shape index (κ2) is 8.58. The predicted molar refractivity (Wildman–Crippen MR) is 103 cm³/mol. The number of benzene rings is 2. The molecule has 1 aliphatic rings. The van der Waals surface area contributed by atoms with E-state index in [1.807, 2.05) is 29.2 Å². The molecular formula is C21H24N2O4. The molecule has 2 aromatic rings. The fourth-order valence-electron chi connectivity index (χ4n) is 2.86. The molecule has 0 aromatic heterocycles. The van der Waals surface area contributed by atoms with E-state index in [1.165, 1.54) is 0 Å². The molecule has 0 radical (unpaired) electrons. The van der Waals surface area contributed by atoms with E-state index >= 15 is 0 Å². The number of carbonyl (C=O) groups excluding carboxylic acids is 2. The summed E-state index contributed by atoms with van der Waals surface area (Å²) >= 11 is 0. The number of nitrogens with one attached hydrogen (secondary N) is 1. The van der Waals surface area contributed by atoms with Crippen molar-refractivity contribution >= 4 is 17.7 Å². The van der Waals surface area contributed by atoms with Gasteiger partial charge in [-0.1, -0.05) is 18.2 Å². The van der Waals surface area contributed by atoms with Crippen molar-refractivity contribution in [2.24, 2.45) is 0 Å². The Morgan fingerprint density at radius 2 is 1.89 bits per heavy atom. The molecule has 0 bridgehead atoms. The number of anilines is 1. The van der Waals surface area contributed by atoms with Crippen LogP contribution in [0.15, 0.2) is 48.5 Å². The van der Waals surface area contributed by atoms with Gasteiger partial charge in [-0.3, -0.25) is 10.1 Å². The number of nitrogens with zero attached hydrogens (tertiary/aromatic N) is 1.